The third-order valence-corrected chi connectivity index (χ3v) is 6.01. The van der Waals surface area contributed by atoms with E-state index in [1.54, 1.807) is 29.8 Å². The molecule has 1 aliphatic heterocycles. The summed E-state index contributed by atoms with van der Waals surface area (Å²) in [5, 5.41) is 5.14. The van der Waals surface area contributed by atoms with Gasteiger partial charge in [0.2, 0.25) is 0 Å². The van der Waals surface area contributed by atoms with Gasteiger partial charge in [0.1, 0.15) is 0 Å². The van der Waals surface area contributed by atoms with Crippen LogP contribution in [-0.4, -0.2) is 38.8 Å². The minimum absolute atomic E-state index is 0.0727. The molecule has 5 rings (SSSR count). The molecule has 3 aromatic heterocycles. The first-order chi connectivity index (χ1) is 14.8. The predicted molar refractivity (Wildman–Crippen MR) is 112 cm³/mol. The van der Waals surface area contributed by atoms with Gasteiger partial charge >= 0.3 is 6.18 Å². The zero-order valence-electron chi connectivity index (χ0n) is 16.8. The fraction of sp³-hybridized carbons (Fsp3) is 0.318. The number of aromatic amines is 1. The van der Waals surface area contributed by atoms with Crippen molar-refractivity contribution in [2.45, 2.75) is 25.9 Å². The van der Waals surface area contributed by atoms with Gasteiger partial charge in [-0.15, -0.1) is 5.10 Å². The second kappa shape index (κ2) is 7.11. The quantitative estimate of drug-likeness (QED) is 0.517. The number of hydrogen-bond donors (Lipinski definition) is 1. The highest BCUT2D eigenvalue weighted by molar-refractivity contribution is 5.82. The molecular formula is C22H20F3N5O. The highest BCUT2D eigenvalue weighted by atomic mass is 19.4. The van der Waals surface area contributed by atoms with Crippen LogP contribution in [0.15, 0.2) is 47.4 Å². The standard InChI is InChI=1S/C22H20F3N5O/c1-13-19(26-17-5-3-2-4-16(17)20(13)31)21-27-18-7-6-15(12-30(18)28-21)29-10-8-14(9-11-29)22(23,24)25/h2-7,12,14H,8-11H2,1H3,(H,26,31). The molecule has 9 heteroatoms. The maximum atomic E-state index is 12.9. The molecular weight excluding hydrogens is 407 g/mol. The third kappa shape index (κ3) is 3.43. The van der Waals surface area contributed by atoms with E-state index < -0.39 is 12.1 Å². The van der Waals surface area contributed by atoms with E-state index in [0.717, 1.165) is 5.69 Å². The van der Waals surface area contributed by atoms with Crippen molar-refractivity contribution in [1.82, 2.24) is 19.6 Å². The summed E-state index contributed by atoms with van der Waals surface area (Å²) in [6.45, 7) is 2.42. The number of nitrogens with zero attached hydrogens (tertiary/aromatic N) is 4. The smallest absolute Gasteiger partial charge is 0.370 e. The molecule has 6 nitrogen and oxygen atoms in total. The molecule has 1 aromatic carbocycles. The van der Waals surface area contributed by atoms with Crippen LogP contribution in [0.25, 0.3) is 28.1 Å². The van der Waals surface area contributed by atoms with Gasteiger partial charge in [0.15, 0.2) is 16.9 Å². The summed E-state index contributed by atoms with van der Waals surface area (Å²) in [6.07, 6.45) is -2.19. The molecule has 1 aliphatic rings. The maximum Gasteiger partial charge on any atom is 0.391 e. The molecule has 1 N–H and O–H groups in total. The molecule has 0 aliphatic carbocycles. The van der Waals surface area contributed by atoms with E-state index in [-0.39, 0.29) is 18.3 Å². The number of anilines is 1. The van der Waals surface area contributed by atoms with E-state index in [2.05, 4.69) is 15.1 Å². The van der Waals surface area contributed by atoms with Crippen molar-refractivity contribution in [2.24, 2.45) is 5.92 Å². The fourth-order valence-corrected chi connectivity index (χ4v) is 4.19. The zero-order chi connectivity index (χ0) is 21.8. The number of nitrogens with one attached hydrogen (secondary N) is 1. The second-order valence-corrected chi connectivity index (χ2v) is 7.93. The van der Waals surface area contributed by atoms with Gasteiger partial charge in [-0.2, -0.15) is 13.2 Å². The Kier molecular flexibility index (Phi) is 4.49. The first-order valence-corrected chi connectivity index (χ1v) is 10.1. The number of para-hydroxylation sites is 1. The molecule has 0 spiro atoms. The lowest BCUT2D eigenvalue weighted by atomic mass is 9.96. The number of aromatic nitrogens is 4. The first kappa shape index (κ1) is 19.6. The van der Waals surface area contributed by atoms with Crippen LogP contribution >= 0.6 is 0 Å². The van der Waals surface area contributed by atoms with Gasteiger partial charge in [-0.1, -0.05) is 12.1 Å². The number of rotatable bonds is 2. The van der Waals surface area contributed by atoms with Crippen molar-refractivity contribution in [3.63, 3.8) is 0 Å². The van der Waals surface area contributed by atoms with Crippen LogP contribution in [0.3, 0.4) is 0 Å². The van der Waals surface area contributed by atoms with Crippen LogP contribution in [0, 0.1) is 12.8 Å². The van der Waals surface area contributed by atoms with Crippen LogP contribution in [-0.2, 0) is 0 Å². The Morgan fingerprint density at radius 3 is 2.58 bits per heavy atom. The molecule has 0 bridgehead atoms. The number of H-pyrrole nitrogens is 1. The molecule has 0 atom stereocenters. The molecule has 4 heterocycles. The maximum absolute atomic E-state index is 12.9. The third-order valence-electron chi connectivity index (χ3n) is 6.01. The number of alkyl halides is 3. The average Bonchev–Trinajstić information content (AvgIpc) is 3.19. The van der Waals surface area contributed by atoms with Gasteiger partial charge in [-0.05, 0) is 44.0 Å². The summed E-state index contributed by atoms with van der Waals surface area (Å²) in [5.41, 5.74) is 3.12. The summed E-state index contributed by atoms with van der Waals surface area (Å²) in [7, 11) is 0. The molecule has 1 saturated heterocycles. The SMILES string of the molecule is Cc1c(-c2nc3ccc(N4CCC(C(F)(F)F)CC4)cn3n2)[nH]c2ccccc2c1=O. The van der Waals surface area contributed by atoms with E-state index in [4.69, 9.17) is 0 Å². The van der Waals surface area contributed by atoms with Crippen molar-refractivity contribution in [1.29, 1.82) is 0 Å². The number of fused-ring (bicyclic) bond motifs is 2. The number of hydrogen-bond acceptors (Lipinski definition) is 4. The normalized spacial score (nSPS) is 15.8. The zero-order valence-corrected chi connectivity index (χ0v) is 16.8. The molecule has 0 unspecified atom stereocenters. The Balaban J connectivity index is 1.48. The fourth-order valence-electron chi connectivity index (χ4n) is 4.19. The summed E-state index contributed by atoms with van der Waals surface area (Å²) in [4.78, 5) is 22.5. The van der Waals surface area contributed by atoms with Gasteiger partial charge in [-0.25, -0.2) is 9.50 Å². The summed E-state index contributed by atoms with van der Waals surface area (Å²) in [6, 6.07) is 10.9. The highest BCUT2D eigenvalue weighted by Gasteiger charge is 2.41. The van der Waals surface area contributed by atoms with E-state index in [1.165, 1.54) is 0 Å². The van der Waals surface area contributed by atoms with Gasteiger partial charge in [0.05, 0.1) is 23.5 Å². The Labute approximate surface area is 175 Å². The number of piperidine rings is 1. The predicted octanol–water partition coefficient (Wildman–Crippen LogP) is 4.32. The van der Waals surface area contributed by atoms with E-state index in [0.29, 0.717) is 46.7 Å². The van der Waals surface area contributed by atoms with E-state index >= 15 is 0 Å². The molecule has 0 radical (unpaired) electrons. The minimum Gasteiger partial charge on any atom is -0.370 e. The Morgan fingerprint density at radius 2 is 1.84 bits per heavy atom. The Bertz CT molecular complexity index is 1330. The van der Waals surface area contributed by atoms with Crippen LogP contribution in [0.2, 0.25) is 0 Å². The van der Waals surface area contributed by atoms with Crippen molar-refractivity contribution < 1.29 is 13.2 Å². The minimum atomic E-state index is -4.13. The average molecular weight is 427 g/mol. The molecule has 0 amide bonds. The van der Waals surface area contributed by atoms with Crippen LogP contribution in [0.1, 0.15) is 18.4 Å². The Morgan fingerprint density at radius 1 is 1.10 bits per heavy atom. The van der Waals surface area contributed by atoms with Crippen molar-refractivity contribution in [2.75, 3.05) is 18.0 Å². The van der Waals surface area contributed by atoms with Crippen molar-refractivity contribution in [3.8, 4) is 11.5 Å². The summed E-state index contributed by atoms with van der Waals surface area (Å²) >= 11 is 0. The van der Waals surface area contributed by atoms with Crippen molar-refractivity contribution >= 4 is 22.2 Å². The van der Waals surface area contributed by atoms with E-state index in [1.807, 2.05) is 29.2 Å². The molecule has 1 fully saturated rings. The molecule has 160 valence electrons. The number of halogens is 3. The van der Waals surface area contributed by atoms with Crippen LogP contribution in [0.5, 0.6) is 0 Å². The lowest BCUT2D eigenvalue weighted by Gasteiger charge is -2.34. The van der Waals surface area contributed by atoms with E-state index in [9.17, 15) is 18.0 Å². The Hall–Kier alpha value is -3.36. The van der Waals surface area contributed by atoms with Crippen molar-refractivity contribution in [3.05, 3.63) is 58.4 Å². The molecule has 4 aromatic rings. The monoisotopic (exact) mass is 427 g/mol. The van der Waals surface area contributed by atoms with Crippen LogP contribution < -0.4 is 10.3 Å². The van der Waals surface area contributed by atoms with Gasteiger partial charge < -0.3 is 9.88 Å². The topological polar surface area (TPSA) is 66.3 Å². The number of pyridine rings is 2. The summed E-state index contributed by atoms with van der Waals surface area (Å²) in [5.74, 6) is -0.841. The van der Waals surface area contributed by atoms with Gasteiger partial charge in [-0.3, -0.25) is 4.79 Å². The first-order valence-electron chi connectivity index (χ1n) is 10.1. The van der Waals surface area contributed by atoms with Gasteiger partial charge in [0, 0.05) is 29.6 Å². The van der Waals surface area contributed by atoms with Gasteiger partial charge in [0.25, 0.3) is 0 Å². The lowest BCUT2D eigenvalue weighted by Crippen LogP contribution is -2.39. The van der Waals surface area contributed by atoms with Crippen LogP contribution in [0.4, 0.5) is 18.9 Å². The molecule has 31 heavy (non-hydrogen) atoms. The summed E-state index contributed by atoms with van der Waals surface area (Å²) < 4.78 is 40.4. The second-order valence-electron chi connectivity index (χ2n) is 7.93. The highest BCUT2D eigenvalue weighted by Crippen LogP contribution is 2.35. The number of benzene rings is 1. The largest absolute Gasteiger partial charge is 0.391 e. The molecule has 0 saturated carbocycles. The lowest BCUT2D eigenvalue weighted by molar-refractivity contribution is -0.179.